The van der Waals surface area contributed by atoms with E-state index >= 15 is 0 Å². The molecule has 0 saturated carbocycles. The number of rotatable bonds is 4. The van der Waals surface area contributed by atoms with Gasteiger partial charge in [-0.05, 0) is 19.8 Å². The van der Waals surface area contributed by atoms with Gasteiger partial charge in [-0.3, -0.25) is 10.1 Å². The third-order valence-electron chi connectivity index (χ3n) is 3.76. The van der Waals surface area contributed by atoms with Crippen molar-refractivity contribution < 1.29 is 9.59 Å². The number of anilines is 1. The molecular weight excluding hydrogens is 346 g/mol. The molecule has 1 aromatic rings. The van der Waals surface area contributed by atoms with Gasteiger partial charge < -0.3 is 5.73 Å². The van der Waals surface area contributed by atoms with Gasteiger partial charge in [-0.1, -0.05) is 13.3 Å². The van der Waals surface area contributed by atoms with E-state index in [1.54, 1.807) is 6.92 Å². The van der Waals surface area contributed by atoms with Crippen molar-refractivity contribution >= 4 is 30.2 Å². The average molecular weight is 368 g/mol. The number of carbonyl (C=O) groups is 2. The van der Waals surface area contributed by atoms with Crippen LogP contribution in [0.3, 0.4) is 0 Å². The summed E-state index contributed by atoms with van der Waals surface area (Å²) in [6.07, 6.45) is 4.56. The minimum absolute atomic E-state index is 0. The molecule has 0 radical (unpaired) electrons. The second-order valence-electron chi connectivity index (χ2n) is 5.90. The Morgan fingerprint density at radius 3 is 2.60 bits per heavy atom. The molecule has 9 nitrogen and oxygen atoms in total. The molecule has 0 spiro atoms. The van der Waals surface area contributed by atoms with Gasteiger partial charge in [-0.15, -0.1) is 12.4 Å². The summed E-state index contributed by atoms with van der Waals surface area (Å²) >= 11 is 0. The Kier molecular flexibility index (Phi) is 7.09. The number of nitrogens with one attached hydrogen (secondary N) is 1. The lowest BCUT2D eigenvalue weighted by Crippen LogP contribution is -2.58. The molecule has 25 heavy (non-hydrogen) atoms. The van der Waals surface area contributed by atoms with Crippen LogP contribution in [-0.4, -0.2) is 50.6 Å². The largest absolute Gasteiger partial charge is 0.341 e. The van der Waals surface area contributed by atoms with Crippen molar-refractivity contribution in [3.05, 3.63) is 18.1 Å². The van der Waals surface area contributed by atoms with Crippen molar-refractivity contribution in [1.29, 1.82) is 5.26 Å². The van der Waals surface area contributed by atoms with Crippen LogP contribution in [0.15, 0.2) is 12.4 Å². The molecule has 10 heteroatoms. The maximum atomic E-state index is 12.6. The second-order valence-corrected chi connectivity index (χ2v) is 5.90. The Bertz CT molecular complexity index is 657. The first-order valence-electron chi connectivity index (χ1n) is 7.80. The third kappa shape index (κ3) is 4.78. The summed E-state index contributed by atoms with van der Waals surface area (Å²) in [4.78, 5) is 32.8. The van der Waals surface area contributed by atoms with E-state index in [4.69, 9.17) is 11.0 Å². The first-order valence-corrected chi connectivity index (χ1v) is 7.80. The minimum Gasteiger partial charge on any atom is -0.318 e. The van der Waals surface area contributed by atoms with Crippen molar-refractivity contribution in [2.24, 2.45) is 5.73 Å². The van der Waals surface area contributed by atoms with Crippen LogP contribution in [0.5, 0.6) is 0 Å². The molecule has 1 fully saturated rings. The molecule has 3 N–H and O–H groups in total. The van der Waals surface area contributed by atoms with Gasteiger partial charge in [0.1, 0.15) is 6.07 Å². The maximum Gasteiger partial charge on any atom is 0.341 e. The highest BCUT2D eigenvalue weighted by atomic mass is 35.5. The topological polar surface area (TPSA) is 128 Å². The van der Waals surface area contributed by atoms with Crippen molar-refractivity contribution in [2.75, 3.05) is 18.4 Å². The molecule has 0 bridgehead atoms. The molecule has 1 aromatic heterocycles. The lowest BCUT2D eigenvalue weighted by Gasteiger charge is -2.34. The number of nitrogens with zero attached hydrogens (tertiary/aromatic N) is 5. The van der Waals surface area contributed by atoms with E-state index in [-0.39, 0.29) is 29.8 Å². The van der Waals surface area contributed by atoms with Crippen LogP contribution in [0.2, 0.25) is 0 Å². The SMILES string of the molecule is CCCC(C)(N)C(=O)N1CCCN1C(=O)Nc1cnc(C#N)cn1.Cl. The molecule has 1 aliphatic heterocycles. The van der Waals surface area contributed by atoms with Crippen LogP contribution in [0.4, 0.5) is 10.6 Å². The van der Waals surface area contributed by atoms with E-state index in [9.17, 15) is 9.59 Å². The zero-order valence-electron chi connectivity index (χ0n) is 14.2. The Morgan fingerprint density at radius 2 is 2.04 bits per heavy atom. The van der Waals surface area contributed by atoms with Crippen LogP contribution < -0.4 is 11.1 Å². The number of urea groups is 1. The molecule has 3 amide bonds. The van der Waals surface area contributed by atoms with Crippen molar-refractivity contribution in [1.82, 2.24) is 20.0 Å². The minimum atomic E-state index is -1.01. The predicted octanol–water partition coefficient (Wildman–Crippen LogP) is 1.27. The summed E-state index contributed by atoms with van der Waals surface area (Å²) in [6.45, 7) is 4.50. The van der Waals surface area contributed by atoms with Gasteiger partial charge in [0.15, 0.2) is 11.5 Å². The molecule has 2 rings (SSSR count). The molecule has 1 aliphatic rings. The molecule has 0 aliphatic carbocycles. The van der Waals surface area contributed by atoms with Gasteiger partial charge in [0.05, 0.1) is 17.9 Å². The van der Waals surface area contributed by atoms with E-state index < -0.39 is 11.6 Å². The van der Waals surface area contributed by atoms with Gasteiger partial charge in [-0.25, -0.2) is 24.8 Å². The third-order valence-corrected chi connectivity index (χ3v) is 3.76. The Hall–Kier alpha value is -2.44. The number of hydrazine groups is 1. The highest BCUT2D eigenvalue weighted by molar-refractivity contribution is 5.92. The first-order chi connectivity index (χ1) is 11.4. The van der Waals surface area contributed by atoms with E-state index in [1.807, 2.05) is 13.0 Å². The van der Waals surface area contributed by atoms with Crippen molar-refractivity contribution in [3.8, 4) is 6.07 Å². The fourth-order valence-electron chi connectivity index (χ4n) is 2.58. The molecule has 2 heterocycles. The van der Waals surface area contributed by atoms with Gasteiger partial charge in [0, 0.05) is 13.1 Å². The van der Waals surface area contributed by atoms with Crippen molar-refractivity contribution in [3.63, 3.8) is 0 Å². The zero-order valence-corrected chi connectivity index (χ0v) is 15.0. The highest BCUT2D eigenvalue weighted by Gasteiger charge is 2.39. The summed E-state index contributed by atoms with van der Waals surface area (Å²) in [5, 5.41) is 14.0. The van der Waals surface area contributed by atoms with E-state index in [0.29, 0.717) is 25.9 Å². The predicted molar refractivity (Wildman–Crippen MR) is 93.6 cm³/mol. The lowest BCUT2D eigenvalue weighted by molar-refractivity contribution is -0.145. The fourth-order valence-corrected chi connectivity index (χ4v) is 2.58. The molecule has 1 saturated heterocycles. The maximum absolute atomic E-state index is 12.6. The smallest absolute Gasteiger partial charge is 0.318 e. The Balaban J connectivity index is 0.00000312. The van der Waals surface area contributed by atoms with Crippen LogP contribution in [-0.2, 0) is 4.79 Å². The standard InChI is InChI=1S/C15H21N7O2.ClH/c1-3-5-15(2,17)13(23)21-6-4-7-22(21)14(24)20-12-10-18-11(8-16)9-19-12;/h9-10H,3-7,17H2,1-2H3,(H,19,20,24);1H. The number of nitriles is 1. The number of amides is 3. The summed E-state index contributed by atoms with van der Waals surface area (Å²) in [5.74, 6) is -0.0646. The summed E-state index contributed by atoms with van der Waals surface area (Å²) in [6, 6.07) is 1.37. The summed E-state index contributed by atoms with van der Waals surface area (Å²) in [7, 11) is 0. The number of hydrogen-bond donors (Lipinski definition) is 2. The quantitative estimate of drug-likeness (QED) is 0.824. The van der Waals surface area contributed by atoms with Crippen molar-refractivity contribution in [2.45, 2.75) is 38.6 Å². The summed E-state index contributed by atoms with van der Waals surface area (Å²) in [5.41, 5.74) is 5.24. The zero-order chi connectivity index (χ0) is 17.7. The number of nitrogens with two attached hydrogens (primary N) is 1. The number of halogens is 1. The monoisotopic (exact) mass is 367 g/mol. The van der Waals surface area contributed by atoms with Crippen LogP contribution in [0.1, 0.15) is 38.8 Å². The van der Waals surface area contributed by atoms with E-state index in [2.05, 4.69) is 15.3 Å². The molecule has 1 atom stereocenters. The van der Waals surface area contributed by atoms with E-state index in [0.717, 1.165) is 6.42 Å². The van der Waals surface area contributed by atoms with Gasteiger partial charge in [0.25, 0.3) is 5.91 Å². The normalized spacial score (nSPS) is 15.8. The first kappa shape index (κ1) is 20.6. The highest BCUT2D eigenvalue weighted by Crippen LogP contribution is 2.19. The Morgan fingerprint density at radius 1 is 1.36 bits per heavy atom. The van der Waals surface area contributed by atoms with Gasteiger partial charge in [0.2, 0.25) is 0 Å². The number of hydrogen-bond acceptors (Lipinski definition) is 6. The number of aromatic nitrogens is 2. The van der Waals surface area contributed by atoms with Crippen LogP contribution >= 0.6 is 12.4 Å². The summed E-state index contributed by atoms with van der Waals surface area (Å²) < 4.78 is 0. The number of carbonyl (C=O) groups excluding carboxylic acids is 2. The molecule has 136 valence electrons. The fraction of sp³-hybridized carbons (Fsp3) is 0.533. The van der Waals surface area contributed by atoms with Crippen LogP contribution in [0, 0.1) is 11.3 Å². The second kappa shape index (κ2) is 8.60. The van der Waals surface area contributed by atoms with Gasteiger partial charge in [-0.2, -0.15) is 5.26 Å². The molecule has 1 unspecified atom stereocenters. The van der Waals surface area contributed by atoms with E-state index in [1.165, 1.54) is 22.4 Å². The molecular formula is C15H22ClN7O2. The van der Waals surface area contributed by atoms with Crippen LogP contribution in [0.25, 0.3) is 0 Å². The molecule has 0 aromatic carbocycles. The average Bonchev–Trinajstić information content (AvgIpc) is 3.04. The van der Waals surface area contributed by atoms with Gasteiger partial charge >= 0.3 is 6.03 Å². The Labute approximate surface area is 152 Å². The lowest BCUT2D eigenvalue weighted by atomic mass is 9.96.